The van der Waals surface area contributed by atoms with E-state index >= 15 is 0 Å². The lowest BCUT2D eigenvalue weighted by atomic mass is 10.1. The van der Waals surface area contributed by atoms with Crippen LogP contribution in [0.15, 0.2) is 42.6 Å². The van der Waals surface area contributed by atoms with Gasteiger partial charge in [0.25, 0.3) is 0 Å². The van der Waals surface area contributed by atoms with Gasteiger partial charge >= 0.3 is 0 Å². The highest BCUT2D eigenvalue weighted by molar-refractivity contribution is 7.70. The van der Waals surface area contributed by atoms with Gasteiger partial charge in [0.05, 0.1) is 18.5 Å². The number of nitrogens with two attached hydrogens (primary N) is 1. The van der Waals surface area contributed by atoms with Crippen molar-refractivity contribution in [3.8, 4) is 5.75 Å². The second-order valence-corrected chi connectivity index (χ2v) is 10.4. The summed E-state index contributed by atoms with van der Waals surface area (Å²) in [6.07, 6.45) is 1.72. The van der Waals surface area contributed by atoms with Crippen LogP contribution in [0, 0.1) is 13.8 Å². The average molecular weight is 411 g/mol. The van der Waals surface area contributed by atoms with E-state index in [1.165, 1.54) is 0 Å². The molecule has 0 saturated heterocycles. The minimum absolute atomic E-state index is 0.397. The fourth-order valence-electron chi connectivity index (χ4n) is 2.89. The monoisotopic (exact) mass is 411 g/mol. The number of nitrogens with one attached hydrogen (secondary N) is 2. The first kappa shape index (κ1) is 20.7. The van der Waals surface area contributed by atoms with Crippen molar-refractivity contribution in [1.82, 2.24) is 9.97 Å². The van der Waals surface area contributed by atoms with Gasteiger partial charge < -0.3 is 25.7 Å². The molecule has 0 saturated carbocycles. The molecule has 0 amide bonds. The zero-order valence-electron chi connectivity index (χ0n) is 17.3. The Kier molecular flexibility index (Phi) is 5.80. The fraction of sp³-hybridized carbons (Fsp3) is 0.238. The molecule has 4 N–H and O–H groups in total. The van der Waals surface area contributed by atoms with Gasteiger partial charge in [0.2, 0.25) is 5.95 Å². The van der Waals surface area contributed by atoms with Gasteiger partial charge in [-0.05, 0) is 57.0 Å². The summed E-state index contributed by atoms with van der Waals surface area (Å²) in [5.41, 5.74) is 9.93. The van der Waals surface area contributed by atoms with Crippen molar-refractivity contribution >= 4 is 41.3 Å². The summed E-state index contributed by atoms with van der Waals surface area (Å²) in [5, 5.41) is 7.25. The molecule has 3 aromatic rings. The third-order valence-electron chi connectivity index (χ3n) is 4.54. The van der Waals surface area contributed by atoms with E-state index in [2.05, 4.69) is 20.6 Å². The van der Waals surface area contributed by atoms with Crippen LogP contribution < -0.4 is 26.4 Å². The maximum atomic E-state index is 12.6. The van der Waals surface area contributed by atoms with E-state index in [4.69, 9.17) is 10.5 Å². The molecule has 29 heavy (non-hydrogen) atoms. The summed E-state index contributed by atoms with van der Waals surface area (Å²) in [5.74, 6) is 1.68. The van der Waals surface area contributed by atoms with E-state index < -0.39 is 7.14 Å². The fourth-order valence-corrected chi connectivity index (χ4v) is 4.05. The molecular formula is C21H26N5O2P. The van der Waals surface area contributed by atoms with Crippen LogP contribution >= 0.6 is 7.14 Å². The lowest BCUT2D eigenvalue weighted by Crippen LogP contribution is -2.11. The Morgan fingerprint density at radius 1 is 1.03 bits per heavy atom. The highest BCUT2D eigenvalue weighted by Gasteiger charge is 2.17. The SMILES string of the molecule is COc1cc(C)c(N)cc1Nc1ncc(C)c(Nc2ccccc2P(C)(C)=O)n1. The number of para-hydroxylation sites is 1. The number of methoxy groups -OCH3 is 1. The summed E-state index contributed by atoms with van der Waals surface area (Å²) < 4.78 is 18.1. The first-order valence-electron chi connectivity index (χ1n) is 9.15. The number of ether oxygens (including phenoxy) is 1. The Morgan fingerprint density at radius 2 is 1.76 bits per heavy atom. The van der Waals surface area contributed by atoms with Crippen LogP contribution in [-0.2, 0) is 4.57 Å². The Morgan fingerprint density at radius 3 is 2.45 bits per heavy atom. The summed E-state index contributed by atoms with van der Waals surface area (Å²) >= 11 is 0. The van der Waals surface area contributed by atoms with Gasteiger partial charge in [-0.3, -0.25) is 0 Å². The molecule has 0 aliphatic carbocycles. The molecule has 0 bridgehead atoms. The molecule has 3 rings (SSSR count). The van der Waals surface area contributed by atoms with Crippen molar-refractivity contribution in [2.24, 2.45) is 0 Å². The number of nitrogen functional groups attached to an aromatic ring is 1. The normalized spacial score (nSPS) is 11.2. The molecule has 1 aromatic heterocycles. The molecule has 0 radical (unpaired) electrons. The van der Waals surface area contributed by atoms with Crippen LogP contribution in [-0.4, -0.2) is 30.4 Å². The van der Waals surface area contributed by atoms with Crippen LogP contribution in [0.2, 0.25) is 0 Å². The van der Waals surface area contributed by atoms with Crippen molar-refractivity contribution < 1.29 is 9.30 Å². The third-order valence-corrected chi connectivity index (χ3v) is 6.09. The minimum atomic E-state index is -2.45. The number of rotatable bonds is 6. The summed E-state index contributed by atoms with van der Waals surface area (Å²) in [6.45, 7) is 7.34. The summed E-state index contributed by atoms with van der Waals surface area (Å²) in [7, 11) is -0.846. The first-order chi connectivity index (χ1) is 13.7. The largest absolute Gasteiger partial charge is 0.495 e. The standard InChI is InChI=1S/C21H26N5O2P/c1-13-10-18(28-3)17(11-15(13)22)25-21-23-12-14(2)20(26-21)24-16-8-6-7-9-19(16)29(4,5)27/h6-12H,22H2,1-5H3,(H2,23,24,25,26). The van der Waals surface area contributed by atoms with Gasteiger partial charge in [0.15, 0.2) is 0 Å². The van der Waals surface area contributed by atoms with Gasteiger partial charge in [0, 0.05) is 22.8 Å². The summed E-state index contributed by atoms with van der Waals surface area (Å²) in [4.78, 5) is 8.96. The Hall–Kier alpha value is -3.05. The Balaban J connectivity index is 1.95. The maximum absolute atomic E-state index is 12.6. The molecule has 0 unspecified atom stereocenters. The molecule has 1 heterocycles. The van der Waals surface area contributed by atoms with Gasteiger partial charge in [-0.2, -0.15) is 4.98 Å². The van der Waals surface area contributed by atoms with Crippen LogP contribution in [0.5, 0.6) is 5.75 Å². The first-order valence-corrected chi connectivity index (χ1v) is 11.8. The molecular weight excluding hydrogens is 385 g/mol. The van der Waals surface area contributed by atoms with E-state index in [-0.39, 0.29) is 0 Å². The smallest absolute Gasteiger partial charge is 0.229 e. The van der Waals surface area contributed by atoms with Gasteiger partial charge in [-0.1, -0.05) is 12.1 Å². The van der Waals surface area contributed by atoms with E-state index in [9.17, 15) is 4.57 Å². The third kappa shape index (κ3) is 4.69. The highest BCUT2D eigenvalue weighted by atomic mass is 31.2. The zero-order chi connectivity index (χ0) is 21.2. The molecule has 0 fully saturated rings. The summed E-state index contributed by atoms with van der Waals surface area (Å²) in [6, 6.07) is 11.2. The van der Waals surface area contributed by atoms with Crippen LogP contribution in [0.25, 0.3) is 0 Å². The molecule has 8 heteroatoms. The van der Waals surface area contributed by atoms with Gasteiger partial charge in [0.1, 0.15) is 18.7 Å². The number of hydrogen-bond donors (Lipinski definition) is 3. The lowest BCUT2D eigenvalue weighted by molar-refractivity contribution is 0.416. The van der Waals surface area contributed by atoms with Crippen LogP contribution in [0.4, 0.5) is 28.8 Å². The zero-order valence-corrected chi connectivity index (χ0v) is 18.2. The minimum Gasteiger partial charge on any atom is -0.495 e. The topological polar surface area (TPSA) is 102 Å². The predicted molar refractivity (Wildman–Crippen MR) is 121 cm³/mol. The van der Waals surface area contributed by atoms with Gasteiger partial charge in [-0.25, -0.2) is 4.98 Å². The van der Waals surface area contributed by atoms with Crippen LogP contribution in [0.3, 0.4) is 0 Å². The van der Waals surface area contributed by atoms with Gasteiger partial charge in [-0.15, -0.1) is 0 Å². The number of hydrogen-bond acceptors (Lipinski definition) is 7. The molecule has 7 nitrogen and oxygen atoms in total. The number of benzene rings is 2. The van der Waals surface area contributed by atoms with E-state index in [0.29, 0.717) is 28.9 Å². The van der Waals surface area contributed by atoms with Crippen molar-refractivity contribution in [3.63, 3.8) is 0 Å². The van der Waals surface area contributed by atoms with E-state index in [1.54, 1.807) is 32.7 Å². The Bertz CT molecular complexity index is 1090. The van der Waals surface area contributed by atoms with E-state index in [0.717, 1.165) is 22.1 Å². The average Bonchev–Trinajstić information content (AvgIpc) is 2.66. The van der Waals surface area contributed by atoms with Crippen molar-refractivity contribution in [2.75, 3.05) is 36.8 Å². The molecule has 0 aliphatic rings. The maximum Gasteiger partial charge on any atom is 0.229 e. The Labute approximate surface area is 171 Å². The number of nitrogens with zero attached hydrogens (tertiary/aromatic N) is 2. The van der Waals surface area contributed by atoms with Crippen molar-refractivity contribution in [1.29, 1.82) is 0 Å². The number of anilines is 5. The molecule has 0 aliphatic heterocycles. The highest BCUT2D eigenvalue weighted by Crippen LogP contribution is 2.38. The second-order valence-electron chi connectivity index (χ2n) is 7.25. The quantitative estimate of drug-likeness (QED) is 0.408. The molecule has 152 valence electrons. The number of aromatic nitrogens is 2. The number of aryl methyl sites for hydroxylation is 2. The predicted octanol–water partition coefficient (Wildman–Crippen LogP) is 4.42. The van der Waals surface area contributed by atoms with Crippen molar-refractivity contribution in [3.05, 3.63) is 53.7 Å². The van der Waals surface area contributed by atoms with Crippen LogP contribution in [0.1, 0.15) is 11.1 Å². The molecule has 2 aromatic carbocycles. The molecule has 0 spiro atoms. The molecule has 0 atom stereocenters. The van der Waals surface area contributed by atoms with Crippen molar-refractivity contribution in [2.45, 2.75) is 13.8 Å². The second kappa shape index (κ2) is 8.13. The van der Waals surface area contributed by atoms with E-state index in [1.807, 2.05) is 44.2 Å². The lowest BCUT2D eigenvalue weighted by Gasteiger charge is -2.17.